The van der Waals surface area contributed by atoms with Crippen LogP contribution in [0.3, 0.4) is 0 Å². The molecule has 1 aliphatic heterocycles. The van der Waals surface area contributed by atoms with E-state index in [9.17, 15) is 14.4 Å². The minimum absolute atomic E-state index is 0.201. The van der Waals surface area contributed by atoms with Gasteiger partial charge in [0.05, 0.1) is 24.7 Å². The average Bonchev–Trinajstić information content (AvgIpc) is 3.53. The molecule has 3 atom stereocenters. The van der Waals surface area contributed by atoms with Gasteiger partial charge in [0.2, 0.25) is 0 Å². The number of esters is 2. The fourth-order valence-electron chi connectivity index (χ4n) is 4.86. The van der Waals surface area contributed by atoms with Gasteiger partial charge in [0, 0.05) is 32.6 Å². The molecule has 0 aromatic carbocycles. The number of allylic oxidation sites excluding steroid dienone is 3. The van der Waals surface area contributed by atoms with Gasteiger partial charge < -0.3 is 14.8 Å². The smallest absolute Gasteiger partial charge is 0.336 e. The maximum Gasteiger partial charge on any atom is 0.336 e. The minimum atomic E-state index is -0.946. The number of hydrogen-bond acceptors (Lipinski definition) is 8. The van der Waals surface area contributed by atoms with Crippen molar-refractivity contribution in [1.82, 2.24) is 5.32 Å². The van der Waals surface area contributed by atoms with Crippen molar-refractivity contribution in [3.8, 4) is 0 Å². The second kappa shape index (κ2) is 10.7. The van der Waals surface area contributed by atoms with Crippen LogP contribution in [0.5, 0.6) is 0 Å². The van der Waals surface area contributed by atoms with Crippen LogP contribution in [0.2, 0.25) is 0 Å². The highest BCUT2D eigenvalue weighted by molar-refractivity contribution is 7.10. The predicted octanol–water partition coefficient (Wildman–Crippen LogP) is 5.30. The predicted molar refractivity (Wildman–Crippen MR) is 133 cm³/mol. The number of thiophene rings is 2. The molecule has 1 aliphatic carbocycles. The Morgan fingerprint density at radius 2 is 1.71 bits per heavy atom. The monoisotopic (exact) mass is 499 g/mol. The van der Waals surface area contributed by atoms with Crippen molar-refractivity contribution in [3.05, 3.63) is 67.3 Å². The first-order valence-corrected chi connectivity index (χ1v) is 13.4. The van der Waals surface area contributed by atoms with Gasteiger partial charge in [-0.2, -0.15) is 0 Å². The van der Waals surface area contributed by atoms with Gasteiger partial charge >= 0.3 is 11.9 Å². The Morgan fingerprint density at radius 3 is 2.29 bits per heavy atom. The van der Waals surface area contributed by atoms with Crippen molar-refractivity contribution in [1.29, 1.82) is 0 Å². The molecule has 0 fully saturated rings. The summed E-state index contributed by atoms with van der Waals surface area (Å²) in [6, 6.07) is 7.74. The Balaban J connectivity index is 1.88. The van der Waals surface area contributed by atoms with Crippen LogP contribution >= 0.6 is 22.7 Å². The number of ether oxygens (including phenoxy) is 2. The van der Waals surface area contributed by atoms with Gasteiger partial charge in [0.25, 0.3) is 0 Å². The van der Waals surface area contributed by atoms with E-state index in [0.717, 1.165) is 27.6 Å². The van der Waals surface area contributed by atoms with E-state index < -0.39 is 23.8 Å². The van der Waals surface area contributed by atoms with E-state index >= 15 is 0 Å². The summed E-state index contributed by atoms with van der Waals surface area (Å²) >= 11 is 3.03. The van der Waals surface area contributed by atoms with Crippen molar-refractivity contribution in [2.75, 3.05) is 13.2 Å². The SMILES string of the molecule is CCCC1=C(C(=O)OCC)[C@H](c2cccs2)C2=C(C[C@H](c3cccs3)[C@H](C(=O)OCC)C2=O)N1. The molecule has 0 saturated heterocycles. The number of nitrogens with one attached hydrogen (secondary N) is 1. The van der Waals surface area contributed by atoms with Gasteiger partial charge in [0.1, 0.15) is 5.92 Å². The van der Waals surface area contributed by atoms with Gasteiger partial charge in [-0.15, -0.1) is 22.7 Å². The quantitative estimate of drug-likeness (QED) is 0.392. The molecule has 2 aliphatic rings. The summed E-state index contributed by atoms with van der Waals surface area (Å²) in [6.45, 7) is 6.01. The molecule has 3 heterocycles. The first-order chi connectivity index (χ1) is 16.5. The summed E-state index contributed by atoms with van der Waals surface area (Å²) in [7, 11) is 0. The molecule has 0 amide bonds. The first kappa shape index (κ1) is 24.4. The van der Waals surface area contributed by atoms with E-state index in [-0.39, 0.29) is 24.9 Å². The molecule has 0 spiro atoms. The fourth-order valence-corrected chi connectivity index (χ4v) is 6.57. The van der Waals surface area contributed by atoms with Crippen LogP contribution in [0.25, 0.3) is 0 Å². The summed E-state index contributed by atoms with van der Waals surface area (Å²) in [5, 5.41) is 7.34. The number of Topliss-reactive ketones (excluding diaryl/α,β-unsaturated/α-hetero) is 1. The van der Waals surface area contributed by atoms with Crippen molar-refractivity contribution in [2.24, 2.45) is 5.92 Å². The van der Waals surface area contributed by atoms with Gasteiger partial charge in [-0.25, -0.2) is 4.79 Å². The molecule has 4 rings (SSSR count). The average molecular weight is 500 g/mol. The molecular formula is C26H29NO5S2. The van der Waals surface area contributed by atoms with Crippen molar-refractivity contribution < 1.29 is 23.9 Å². The van der Waals surface area contributed by atoms with E-state index in [2.05, 4.69) is 12.2 Å². The van der Waals surface area contributed by atoms with E-state index in [1.165, 1.54) is 22.7 Å². The minimum Gasteiger partial charge on any atom is -0.465 e. The van der Waals surface area contributed by atoms with Crippen LogP contribution in [-0.2, 0) is 23.9 Å². The van der Waals surface area contributed by atoms with E-state index in [1.54, 1.807) is 13.8 Å². The first-order valence-electron chi connectivity index (χ1n) is 11.7. The van der Waals surface area contributed by atoms with Crippen LogP contribution in [0.15, 0.2) is 57.6 Å². The number of dihydropyridines is 1. The zero-order valence-electron chi connectivity index (χ0n) is 19.6. The molecule has 0 saturated carbocycles. The third kappa shape index (κ3) is 4.49. The Hall–Kier alpha value is -2.71. The highest BCUT2D eigenvalue weighted by Crippen LogP contribution is 2.50. The molecule has 8 heteroatoms. The normalized spacial score (nSPS) is 22.3. The lowest BCUT2D eigenvalue weighted by molar-refractivity contribution is -0.152. The second-order valence-corrected chi connectivity index (χ2v) is 10.2. The van der Waals surface area contributed by atoms with Crippen LogP contribution in [-0.4, -0.2) is 30.9 Å². The Morgan fingerprint density at radius 1 is 1.03 bits per heavy atom. The van der Waals surface area contributed by atoms with Gasteiger partial charge in [0.15, 0.2) is 5.78 Å². The van der Waals surface area contributed by atoms with Crippen LogP contribution in [0.4, 0.5) is 0 Å². The molecule has 0 unspecified atom stereocenters. The topological polar surface area (TPSA) is 81.7 Å². The highest BCUT2D eigenvalue weighted by Gasteiger charge is 2.49. The lowest BCUT2D eigenvalue weighted by atomic mass is 9.69. The summed E-state index contributed by atoms with van der Waals surface area (Å²) in [5.41, 5.74) is 2.54. The van der Waals surface area contributed by atoms with Crippen molar-refractivity contribution in [2.45, 2.75) is 51.9 Å². The summed E-state index contributed by atoms with van der Waals surface area (Å²) in [6.07, 6.45) is 1.99. The molecule has 1 N–H and O–H groups in total. The molecule has 6 nitrogen and oxygen atoms in total. The highest BCUT2D eigenvalue weighted by atomic mass is 32.1. The molecule has 2 aromatic heterocycles. The lowest BCUT2D eigenvalue weighted by Crippen LogP contribution is -2.43. The second-order valence-electron chi connectivity index (χ2n) is 8.25. The molecular weight excluding hydrogens is 470 g/mol. The molecule has 180 valence electrons. The zero-order valence-corrected chi connectivity index (χ0v) is 21.2. The number of hydrogen-bond donors (Lipinski definition) is 1. The number of carbonyl (C=O) groups is 3. The van der Waals surface area contributed by atoms with Gasteiger partial charge in [-0.1, -0.05) is 25.5 Å². The molecule has 0 radical (unpaired) electrons. The van der Waals surface area contributed by atoms with Crippen LogP contribution < -0.4 is 5.32 Å². The van der Waals surface area contributed by atoms with Gasteiger partial charge in [-0.05, 0) is 49.6 Å². The standard InChI is InChI=1S/C26H29NO5S2/c1-4-9-16-22(26(30)32-6-3)23(19-11-8-13-34-19)21-17(27-16)14-15(18-10-7-12-33-18)20(24(21)28)25(29)31-5-2/h7-8,10-13,15,20,23,27H,4-6,9,14H2,1-3H3/t15-,20+,23-/m1/s1. The third-order valence-corrected chi connectivity index (χ3v) is 8.12. The zero-order chi connectivity index (χ0) is 24.2. The Labute approximate surface area is 207 Å². The van der Waals surface area contributed by atoms with E-state index in [4.69, 9.17) is 9.47 Å². The fraction of sp³-hybridized carbons (Fsp3) is 0.423. The largest absolute Gasteiger partial charge is 0.465 e. The molecule has 0 bridgehead atoms. The lowest BCUT2D eigenvalue weighted by Gasteiger charge is -2.39. The summed E-state index contributed by atoms with van der Waals surface area (Å²) in [5.74, 6) is -3.04. The number of carbonyl (C=O) groups excluding carboxylic acids is 3. The van der Waals surface area contributed by atoms with Crippen molar-refractivity contribution >= 4 is 40.4 Å². The Bertz CT molecular complexity index is 1110. The Kier molecular flexibility index (Phi) is 7.68. The van der Waals surface area contributed by atoms with Gasteiger partial charge in [-0.3, -0.25) is 9.59 Å². The summed E-state index contributed by atoms with van der Waals surface area (Å²) < 4.78 is 10.8. The third-order valence-electron chi connectivity index (χ3n) is 6.18. The van der Waals surface area contributed by atoms with E-state index in [0.29, 0.717) is 24.0 Å². The van der Waals surface area contributed by atoms with E-state index in [1.807, 2.05) is 35.0 Å². The summed E-state index contributed by atoms with van der Waals surface area (Å²) in [4.78, 5) is 42.3. The van der Waals surface area contributed by atoms with Crippen LogP contribution in [0.1, 0.15) is 61.6 Å². The molecule has 34 heavy (non-hydrogen) atoms. The number of ketones is 1. The van der Waals surface area contributed by atoms with Crippen molar-refractivity contribution in [3.63, 3.8) is 0 Å². The maximum atomic E-state index is 14.1. The molecule has 2 aromatic rings. The number of rotatable bonds is 8. The maximum absolute atomic E-state index is 14.1. The van der Waals surface area contributed by atoms with Crippen LogP contribution in [0, 0.1) is 5.92 Å².